The molecule has 1 fully saturated rings. The second-order valence-electron chi connectivity index (χ2n) is 4.57. The average molecular weight is 322 g/mol. The zero-order valence-corrected chi connectivity index (χ0v) is 13.4. The maximum atomic E-state index is 11.7. The summed E-state index contributed by atoms with van der Waals surface area (Å²) in [5.74, 6) is 0.675. The Hall–Kier alpha value is -2.21. The van der Waals surface area contributed by atoms with Crippen molar-refractivity contribution in [2.24, 2.45) is 0 Å². The third-order valence-corrected chi connectivity index (χ3v) is 3.97. The molecular formula is C13H18N6O2S. The fourth-order valence-electron chi connectivity index (χ4n) is 2.23. The zero-order chi connectivity index (χ0) is 16.1. The normalized spacial score (nSPS) is 14.6. The smallest absolute Gasteiger partial charge is 0.409 e. The second kappa shape index (κ2) is 7.17. The molecule has 2 rings (SSSR count). The number of carbonyl (C=O) groups is 1. The first-order chi connectivity index (χ1) is 10.6. The summed E-state index contributed by atoms with van der Waals surface area (Å²) in [6, 6.07) is 2.15. The highest BCUT2D eigenvalue weighted by Gasteiger charge is 2.25. The van der Waals surface area contributed by atoms with Crippen molar-refractivity contribution in [1.82, 2.24) is 14.9 Å². The van der Waals surface area contributed by atoms with E-state index in [1.165, 1.54) is 11.8 Å². The number of rotatable bonds is 3. The minimum absolute atomic E-state index is 0.145. The van der Waals surface area contributed by atoms with E-state index < -0.39 is 0 Å². The Morgan fingerprint density at radius 1 is 1.41 bits per heavy atom. The van der Waals surface area contributed by atoms with Crippen LogP contribution in [0.3, 0.4) is 0 Å². The fourth-order valence-corrected chi connectivity index (χ4v) is 2.76. The Balaban J connectivity index is 2.16. The lowest BCUT2D eigenvalue weighted by Crippen LogP contribution is -2.49. The highest BCUT2D eigenvalue weighted by molar-refractivity contribution is 7.98. The van der Waals surface area contributed by atoms with Crippen molar-refractivity contribution in [2.45, 2.75) is 11.9 Å². The van der Waals surface area contributed by atoms with E-state index in [1.807, 2.05) is 11.2 Å². The van der Waals surface area contributed by atoms with Crippen LogP contribution >= 0.6 is 11.8 Å². The van der Waals surface area contributed by atoms with E-state index in [0.29, 0.717) is 49.2 Å². The Labute approximate surface area is 133 Å². The number of aromatic nitrogens is 2. The monoisotopic (exact) mass is 322 g/mol. The summed E-state index contributed by atoms with van der Waals surface area (Å²) in [6.07, 6.45) is 1.53. The lowest BCUT2D eigenvalue weighted by atomic mass is 10.2. The number of piperazine rings is 1. The van der Waals surface area contributed by atoms with Crippen molar-refractivity contribution >= 4 is 29.6 Å². The third-order valence-electron chi connectivity index (χ3n) is 3.28. The van der Waals surface area contributed by atoms with Crippen LogP contribution in [0.15, 0.2) is 5.03 Å². The van der Waals surface area contributed by atoms with Gasteiger partial charge in [0.2, 0.25) is 5.95 Å². The molecule has 1 aromatic heterocycles. The van der Waals surface area contributed by atoms with Gasteiger partial charge in [0.05, 0.1) is 6.61 Å². The first-order valence-electron chi connectivity index (χ1n) is 6.89. The molecule has 0 spiro atoms. The minimum Gasteiger partial charge on any atom is -0.450 e. The summed E-state index contributed by atoms with van der Waals surface area (Å²) in [5, 5.41) is 9.93. The van der Waals surface area contributed by atoms with Gasteiger partial charge in [-0.05, 0) is 13.2 Å². The molecule has 2 N–H and O–H groups in total. The van der Waals surface area contributed by atoms with Gasteiger partial charge in [-0.3, -0.25) is 0 Å². The maximum Gasteiger partial charge on any atom is 0.409 e. The number of amides is 1. The van der Waals surface area contributed by atoms with Gasteiger partial charge < -0.3 is 20.3 Å². The first-order valence-corrected chi connectivity index (χ1v) is 8.11. The highest BCUT2D eigenvalue weighted by Crippen LogP contribution is 2.27. The largest absolute Gasteiger partial charge is 0.450 e. The fraction of sp³-hybridized carbons (Fsp3) is 0.538. The molecule has 0 unspecified atom stereocenters. The number of anilines is 2. The molecular weight excluding hydrogens is 304 g/mol. The second-order valence-corrected chi connectivity index (χ2v) is 5.37. The number of nitriles is 1. The van der Waals surface area contributed by atoms with Crippen LogP contribution in [-0.2, 0) is 4.74 Å². The molecule has 2 heterocycles. The maximum absolute atomic E-state index is 11.7. The van der Waals surface area contributed by atoms with Gasteiger partial charge in [0.1, 0.15) is 16.7 Å². The molecule has 0 atom stereocenters. The van der Waals surface area contributed by atoms with Gasteiger partial charge >= 0.3 is 6.09 Å². The predicted molar refractivity (Wildman–Crippen MR) is 83.7 cm³/mol. The summed E-state index contributed by atoms with van der Waals surface area (Å²) in [5.41, 5.74) is 6.15. The van der Waals surface area contributed by atoms with Crippen LogP contribution in [0.5, 0.6) is 0 Å². The quantitative estimate of drug-likeness (QED) is 0.646. The van der Waals surface area contributed by atoms with Gasteiger partial charge in [0.25, 0.3) is 0 Å². The van der Waals surface area contributed by atoms with E-state index >= 15 is 0 Å². The Bertz CT molecular complexity index is 595. The molecule has 0 radical (unpaired) electrons. The van der Waals surface area contributed by atoms with E-state index in [4.69, 9.17) is 10.5 Å². The molecule has 9 heteroatoms. The van der Waals surface area contributed by atoms with Crippen LogP contribution in [0.25, 0.3) is 0 Å². The van der Waals surface area contributed by atoms with Crippen LogP contribution in [0.2, 0.25) is 0 Å². The number of hydrogen-bond acceptors (Lipinski definition) is 8. The molecule has 8 nitrogen and oxygen atoms in total. The van der Waals surface area contributed by atoms with E-state index in [-0.39, 0.29) is 12.0 Å². The first kappa shape index (κ1) is 16.2. The molecule has 0 saturated carbocycles. The van der Waals surface area contributed by atoms with Crippen molar-refractivity contribution in [3.05, 3.63) is 5.56 Å². The van der Waals surface area contributed by atoms with Crippen molar-refractivity contribution in [3.8, 4) is 6.07 Å². The Morgan fingerprint density at radius 2 is 2.09 bits per heavy atom. The topological polar surface area (TPSA) is 108 Å². The van der Waals surface area contributed by atoms with Gasteiger partial charge in [0.15, 0.2) is 5.82 Å². The molecule has 118 valence electrons. The molecule has 1 amide bonds. The zero-order valence-electron chi connectivity index (χ0n) is 12.6. The van der Waals surface area contributed by atoms with Crippen molar-refractivity contribution in [1.29, 1.82) is 5.26 Å². The summed E-state index contributed by atoms with van der Waals surface area (Å²) >= 11 is 1.36. The minimum atomic E-state index is -0.310. The molecule has 0 aromatic carbocycles. The Morgan fingerprint density at radius 3 is 2.64 bits per heavy atom. The number of thioether (sulfide) groups is 1. The molecule has 0 bridgehead atoms. The number of nitrogens with zero attached hydrogens (tertiary/aromatic N) is 5. The summed E-state index contributed by atoms with van der Waals surface area (Å²) < 4.78 is 4.99. The predicted octanol–water partition coefficient (Wildman–Crippen LogP) is 0.931. The summed E-state index contributed by atoms with van der Waals surface area (Å²) in [7, 11) is 0. The van der Waals surface area contributed by atoms with Gasteiger partial charge in [-0.1, -0.05) is 0 Å². The molecule has 1 saturated heterocycles. The lowest BCUT2D eigenvalue weighted by molar-refractivity contribution is 0.105. The Kier molecular flexibility index (Phi) is 5.27. The lowest BCUT2D eigenvalue weighted by Gasteiger charge is -2.35. The molecule has 22 heavy (non-hydrogen) atoms. The third kappa shape index (κ3) is 3.33. The van der Waals surface area contributed by atoms with Crippen LogP contribution in [0.4, 0.5) is 16.6 Å². The summed E-state index contributed by atoms with van der Waals surface area (Å²) in [4.78, 5) is 23.6. The van der Waals surface area contributed by atoms with Gasteiger partial charge in [-0.2, -0.15) is 10.2 Å². The number of nitrogens with two attached hydrogens (primary N) is 1. The van der Waals surface area contributed by atoms with Crippen LogP contribution in [0.1, 0.15) is 12.5 Å². The van der Waals surface area contributed by atoms with Gasteiger partial charge in [0, 0.05) is 26.2 Å². The average Bonchev–Trinajstić information content (AvgIpc) is 2.54. The number of ether oxygens (including phenoxy) is 1. The van der Waals surface area contributed by atoms with Crippen LogP contribution in [0, 0.1) is 11.3 Å². The number of nitrogen functional groups attached to an aromatic ring is 1. The highest BCUT2D eigenvalue weighted by atomic mass is 32.2. The standard InChI is InChI=1S/C13H18N6O2S/c1-3-21-13(20)19-6-4-18(5-7-19)10-9(8-14)11(22-2)17-12(15)16-10/h3-7H2,1-2H3,(H2,15,16,17). The van der Waals surface area contributed by atoms with Crippen molar-refractivity contribution in [3.63, 3.8) is 0 Å². The van der Waals surface area contributed by atoms with E-state index in [0.717, 1.165) is 0 Å². The molecule has 1 aliphatic heterocycles. The number of hydrogen-bond donors (Lipinski definition) is 1. The van der Waals surface area contributed by atoms with E-state index in [9.17, 15) is 10.1 Å². The van der Waals surface area contributed by atoms with Crippen molar-refractivity contribution < 1.29 is 9.53 Å². The van der Waals surface area contributed by atoms with E-state index in [1.54, 1.807) is 11.8 Å². The number of carbonyl (C=O) groups excluding carboxylic acids is 1. The van der Waals surface area contributed by atoms with Crippen LogP contribution < -0.4 is 10.6 Å². The molecule has 0 aliphatic carbocycles. The molecule has 1 aliphatic rings. The van der Waals surface area contributed by atoms with E-state index in [2.05, 4.69) is 16.0 Å². The summed E-state index contributed by atoms with van der Waals surface area (Å²) in [6.45, 7) is 4.30. The van der Waals surface area contributed by atoms with Gasteiger partial charge in [-0.15, -0.1) is 11.8 Å². The van der Waals surface area contributed by atoms with Crippen LogP contribution in [-0.4, -0.2) is 60.0 Å². The van der Waals surface area contributed by atoms with Gasteiger partial charge in [-0.25, -0.2) is 9.78 Å². The SMILES string of the molecule is CCOC(=O)N1CCN(c2nc(N)nc(SC)c2C#N)CC1. The molecule has 1 aromatic rings. The van der Waals surface area contributed by atoms with Crippen molar-refractivity contribution in [2.75, 3.05) is 49.7 Å².